The highest BCUT2D eigenvalue weighted by molar-refractivity contribution is 9.10. The second kappa shape index (κ2) is 4.17. The van der Waals surface area contributed by atoms with E-state index in [1.807, 2.05) is 18.2 Å². The van der Waals surface area contributed by atoms with Crippen LogP contribution in [0.4, 0.5) is 0 Å². The molecule has 0 saturated heterocycles. The standard InChI is InChI=1S/C11H9BrN2O2/c1-6-13-9-4-7(12)2-3-8(9)10(14-6)5-11(15)16/h2-4H,5H2,1H3,(H,15,16). The molecule has 0 amide bonds. The van der Waals surface area contributed by atoms with Crippen molar-refractivity contribution < 1.29 is 9.90 Å². The predicted molar refractivity (Wildman–Crippen MR) is 63.3 cm³/mol. The van der Waals surface area contributed by atoms with Crippen molar-refractivity contribution in [1.29, 1.82) is 0 Å². The van der Waals surface area contributed by atoms with Crippen LogP contribution in [0, 0.1) is 6.92 Å². The second-order valence-corrected chi connectivity index (χ2v) is 4.37. The Balaban J connectivity index is 2.67. The van der Waals surface area contributed by atoms with Gasteiger partial charge in [0.2, 0.25) is 0 Å². The number of hydrogen-bond donors (Lipinski definition) is 1. The summed E-state index contributed by atoms with van der Waals surface area (Å²) in [6.07, 6.45) is -0.0819. The zero-order valence-corrected chi connectivity index (χ0v) is 10.2. The van der Waals surface area contributed by atoms with Crippen LogP contribution < -0.4 is 0 Å². The molecule has 4 nitrogen and oxygen atoms in total. The number of carboxylic acid groups (broad SMARTS) is 1. The van der Waals surface area contributed by atoms with Gasteiger partial charge in [-0.3, -0.25) is 4.79 Å². The zero-order chi connectivity index (χ0) is 11.7. The van der Waals surface area contributed by atoms with Gasteiger partial charge in [-0.2, -0.15) is 0 Å². The fourth-order valence-corrected chi connectivity index (χ4v) is 1.92. The minimum atomic E-state index is -0.887. The Bertz CT molecular complexity index is 564. The molecule has 1 N–H and O–H groups in total. The van der Waals surface area contributed by atoms with Gasteiger partial charge in [-0.25, -0.2) is 9.97 Å². The molecule has 0 spiro atoms. The molecule has 0 fully saturated rings. The van der Waals surface area contributed by atoms with Gasteiger partial charge >= 0.3 is 5.97 Å². The van der Waals surface area contributed by atoms with E-state index in [4.69, 9.17) is 5.11 Å². The van der Waals surface area contributed by atoms with Crippen molar-refractivity contribution in [3.05, 3.63) is 34.2 Å². The maximum Gasteiger partial charge on any atom is 0.309 e. The zero-order valence-electron chi connectivity index (χ0n) is 8.57. The number of carbonyl (C=O) groups is 1. The summed E-state index contributed by atoms with van der Waals surface area (Å²) in [5, 5.41) is 9.59. The molecule has 16 heavy (non-hydrogen) atoms. The molecule has 1 aromatic carbocycles. The van der Waals surface area contributed by atoms with Crippen LogP contribution in [0.3, 0.4) is 0 Å². The average molecular weight is 281 g/mol. The van der Waals surface area contributed by atoms with E-state index in [-0.39, 0.29) is 6.42 Å². The molecule has 5 heteroatoms. The van der Waals surface area contributed by atoms with Gasteiger partial charge in [0.15, 0.2) is 0 Å². The third-order valence-corrected chi connectivity index (χ3v) is 2.66. The van der Waals surface area contributed by atoms with E-state index in [9.17, 15) is 4.79 Å². The van der Waals surface area contributed by atoms with Gasteiger partial charge in [-0.1, -0.05) is 15.9 Å². The average Bonchev–Trinajstić information content (AvgIpc) is 2.15. The van der Waals surface area contributed by atoms with Crippen molar-refractivity contribution in [3.8, 4) is 0 Å². The topological polar surface area (TPSA) is 63.1 Å². The summed E-state index contributed by atoms with van der Waals surface area (Å²) in [5.41, 5.74) is 1.32. The number of aromatic nitrogens is 2. The van der Waals surface area contributed by atoms with Crippen molar-refractivity contribution >= 4 is 32.8 Å². The fourth-order valence-electron chi connectivity index (χ4n) is 1.57. The van der Waals surface area contributed by atoms with Gasteiger partial charge in [0.25, 0.3) is 0 Å². The van der Waals surface area contributed by atoms with Crippen LogP contribution in [0.25, 0.3) is 10.9 Å². The van der Waals surface area contributed by atoms with Crippen molar-refractivity contribution in [3.63, 3.8) is 0 Å². The van der Waals surface area contributed by atoms with Crippen molar-refractivity contribution in [2.24, 2.45) is 0 Å². The largest absolute Gasteiger partial charge is 0.481 e. The number of rotatable bonds is 2. The molecular weight excluding hydrogens is 272 g/mol. The summed E-state index contributed by atoms with van der Waals surface area (Å²) in [5.74, 6) is -0.302. The molecule has 0 bridgehead atoms. The first-order valence-corrected chi connectivity index (χ1v) is 5.50. The lowest BCUT2D eigenvalue weighted by molar-refractivity contribution is -0.136. The smallest absolute Gasteiger partial charge is 0.309 e. The van der Waals surface area contributed by atoms with E-state index >= 15 is 0 Å². The maximum atomic E-state index is 10.7. The van der Waals surface area contributed by atoms with Crippen LogP contribution in [0.5, 0.6) is 0 Å². The number of benzene rings is 1. The van der Waals surface area contributed by atoms with Gasteiger partial charge in [-0.05, 0) is 25.1 Å². The van der Waals surface area contributed by atoms with E-state index in [0.717, 1.165) is 15.4 Å². The minimum absolute atomic E-state index is 0.0819. The summed E-state index contributed by atoms with van der Waals surface area (Å²) in [6.45, 7) is 1.76. The minimum Gasteiger partial charge on any atom is -0.481 e. The highest BCUT2D eigenvalue weighted by atomic mass is 79.9. The molecule has 0 aliphatic rings. The van der Waals surface area contributed by atoms with Crippen LogP contribution in [0.1, 0.15) is 11.5 Å². The molecule has 1 heterocycles. The molecule has 0 radical (unpaired) electrons. The van der Waals surface area contributed by atoms with Crippen molar-refractivity contribution in [2.45, 2.75) is 13.3 Å². The van der Waals surface area contributed by atoms with Crippen molar-refractivity contribution in [1.82, 2.24) is 9.97 Å². The Kier molecular flexibility index (Phi) is 2.87. The maximum absolute atomic E-state index is 10.7. The fraction of sp³-hybridized carbons (Fsp3) is 0.182. The Hall–Kier alpha value is -1.49. The third kappa shape index (κ3) is 2.19. The Morgan fingerprint density at radius 3 is 2.88 bits per heavy atom. The molecule has 1 aromatic heterocycles. The first kappa shape index (κ1) is 11.0. The van der Waals surface area contributed by atoms with Crippen LogP contribution in [-0.4, -0.2) is 21.0 Å². The summed E-state index contributed by atoms with van der Waals surface area (Å²) in [4.78, 5) is 19.2. The lowest BCUT2D eigenvalue weighted by Gasteiger charge is -2.05. The molecule has 2 aromatic rings. The van der Waals surface area contributed by atoms with E-state index in [1.165, 1.54) is 0 Å². The quantitative estimate of drug-likeness (QED) is 0.917. The number of carboxylic acids is 1. The van der Waals surface area contributed by atoms with Gasteiger partial charge in [-0.15, -0.1) is 0 Å². The Morgan fingerprint density at radius 1 is 1.44 bits per heavy atom. The molecule has 0 atom stereocenters. The summed E-state index contributed by atoms with van der Waals surface area (Å²) < 4.78 is 0.916. The number of fused-ring (bicyclic) bond motifs is 1. The van der Waals surface area contributed by atoms with Crippen LogP contribution >= 0.6 is 15.9 Å². The second-order valence-electron chi connectivity index (χ2n) is 3.45. The van der Waals surface area contributed by atoms with E-state index < -0.39 is 5.97 Å². The van der Waals surface area contributed by atoms with E-state index in [1.54, 1.807) is 6.92 Å². The Morgan fingerprint density at radius 2 is 2.19 bits per heavy atom. The predicted octanol–water partition coefficient (Wildman–Crippen LogP) is 2.33. The number of aliphatic carboxylic acids is 1. The van der Waals surface area contributed by atoms with Gasteiger partial charge < -0.3 is 5.11 Å². The SMILES string of the molecule is Cc1nc(CC(=O)O)c2ccc(Br)cc2n1. The Labute approximate surface area is 100 Å². The van der Waals surface area contributed by atoms with E-state index in [0.29, 0.717) is 11.5 Å². The summed E-state index contributed by atoms with van der Waals surface area (Å²) in [6, 6.07) is 5.54. The van der Waals surface area contributed by atoms with Gasteiger partial charge in [0.05, 0.1) is 17.6 Å². The normalized spacial score (nSPS) is 10.6. The summed E-state index contributed by atoms with van der Waals surface area (Å²) >= 11 is 3.36. The van der Waals surface area contributed by atoms with Crippen LogP contribution in [0.2, 0.25) is 0 Å². The molecule has 0 saturated carbocycles. The lowest BCUT2D eigenvalue weighted by Crippen LogP contribution is -2.05. The van der Waals surface area contributed by atoms with Crippen LogP contribution in [0.15, 0.2) is 22.7 Å². The first-order valence-electron chi connectivity index (χ1n) is 4.71. The van der Waals surface area contributed by atoms with Crippen LogP contribution in [-0.2, 0) is 11.2 Å². The molecule has 0 unspecified atom stereocenters. The first-order chi connectivity index (χ1) is 7.56. The molecule has 82 valence electrons. The highest BCUT2D eigenvalue weighted by Gasteiger charge is 2.09. The number of halogens is 1. The molecular formula is C11H9BrN2O2. The van der Waals surface area contributed by atoms with Crippen molar-refractivity contribution in [2.75, 3.05) is 0 Å². The lowest BCUT2D eigenvalue weighted by atomic mass is 10.1. The molecule has 2 rings (SSSR count). The number of aryl methyl sites for hydroxylation is 1. The summed E-state index contributed by atoms with van der Waals surface area (Å²) in [7, 11) is 0. The number of hydrogen-bond acceptors (Lipinski definition) is 3. The molecule has 0 aliphatic carbocycles. The monoisotopic (exact) mass is 280 g/mol. The van der Waals surface area contributed by atoms with Gasteiger partial charge in [0, 0.05) is 9.86 Å². The molecule has 0 aliphatic heterocycles. The highest BCUT2D eigenvalue weighted by Crippen LogP contribution is 2.21. The number of nitrogens with zero attached hydrogens (tertiary/aromatic N) is 2. The van der Waals surface area contributed by atoms with E-state index in [2.05, 4.69) is 25.9 Å². The van der Waals surface area contributed by atoms with Gasteiger partial charge in [0.1, 0.15) is 5.82 Å². The third-order valence-electron chi connectivity index (χ3n) is 2.17.